The zero-order valence-corrected chi connectivity index (χ0v) is 9.18. The smallest absolute Gasteiger partial charge is 0.254 e. The average Bonchev–Trinajstić information content (AvgIpc) is 1.98. The number of hydrogen-bond acceptors (Lipinski definition) is 2. The molecule has 0 unspecified atom stereocenters. The predicted octanol–water partition coefficient (Wildman–Crippen LogP) is 1.28. The van der Waals surface area contributed by atoms with Crippen LogP contribution in [0.3, 0.4) is 0 Å². The maximum Gasteiger partial charge on any atom is 0.254 e. The van der Waals surface area contributed by atoms with Gasteiger partial charge >= 0.3 is 0 Å². The van der Waals surface area contributed by atoms with E-state index in [0.29, 0.717) is 5.41 Å². The molecule has 13 heavy (non-hydrogen) atoms. The second-order valence-electron chi connectivity index (χ2n) is 5.04. The highest BCUT2D eigenvalue weighted by molar-refractivity contribution is 5.85. The Balaban J connectivity index is 2.53. The third kappa shape index (κ3) is 2.02. The number of ether oxygens (including phenoxy) is 1. The molecule has 1 saturated heterocycles. The molecule has 0 aromatic rings. The van der Waals surface area contributed by atoms with Crippen LogP contribution >= 0.6 is 0 Å². The van der Waals surface area contributed by atoms with E-state index in [4.69, 9.17) is 4.74 Å². The molecule has 0 spiro atoms. The van der Waals surface area contributed by atoms with Crippen molar-refractivity contribution in [2.75, 3.05) is 20.2 Å². The number of rotatable bonds is 2. The molecule has 0 atom stereocenters. The Hall–Kier alpha value is -0.570. The van der Waals surface area contributed by atoms with Crippen LogP contribution in [0.2, 0.25) is 0 Å². The maximum atomic E-state index is 11.8. The van der Waals surface area contributed by atoms with Gasteiger partial charge < -0.3 is 9.64 Å². The van der Waals surface area contributed by atoms with E-state index in [9.17, 15) is 4.79 Å². The van der Waals surface area contributed by atoms with E-state index in [0.717, 1.165) is 13.1 Å². The minimum atomic E-state index is -0.670. The monoisotopic (exact) mass is 185 g/mol. The molecule has 0 bridgehead atoms. The summed E-state index contributed by atoms with van der Waals surface area (Å²) in [5.41, 5.74) is -0.379. The molecule has 0 aromatic heterocycles. The summed E-state index contributed by atoms with van der Waals surface area (Å²) in [7, 11) is 1.57. The van der Waals surface area contributed by atoms with Gasteiger partial charge in [-0.15, -0.1) is 0 Å². The zero-order chi connectivity index (χ0) is 10.3. The molecule has 0 aliphatic carbocycles. The van der Waals surface area contributed by atoms with E-state index in [1.165, 1.54) is 0 Å². The summed E-state index contributed by atoms with van der Waals surface area (Å²) in [4.78, 5) is 13.6. The summed E-state index contributed by atoms with van der Waals surface area (Å²) in [6, 6.07) is 0. The molecule has 1 heterocycles. The normalized spacial score (nSPS) is 21.2. The molecule has 1 amide bonds. The lowest BCUT2D eigenvalue weighted by molar-refractivity contribution is -0.161. The standard InChI is InChI=1S/C10H19NO2/c1-9(2)6-11(7-9)8(12)10(3,4)13-5/h6-7H2,1-5H3. The lowest BCUT2D eigenvalue weighted by Crippen LogP contribution is -2.60. The fraction of sp³-hybridized carbons (Fsp3) is 0.900. The second-order valence-corrected chi connectivity index (χ2v) is 5.04. The fourth-order valence-electron chi connectivity index (χ4n) is 1.60. The van der Waals surface area contributed by atoms with Gasteiger partial charge in [0.1, 0.15) is 5.60 Å². The third-order valence-electron chi connectivity index (χ3n) is 2.55. The minimum Gasteiger partial charge on any atom is -0.369 e. The Kier molecular flexibility index (Phi) is 2.41. The first-order chi connectivity index (χ1) is 5.78. The van der Waals surface area contributed by atoms with Gasteiger partial charge in [0.2, 0.25) is 0 Å². The summed E-state index contributed by atoms with van der Waals surface area (Å²) in [5, 5.41) is 0. The van der Waals surface area contributed by atoms with Crippen molar-refractivity contribution in [2.45, 2.75) is 33.3 Å². The van der Waals surface area contributed by atoms with Crippen molar-refractivity contribution in [3.8, 4) is 0 Å². The van der Waals surface area contributed by atoms with Crippen molar-refractivity contribution >= 4 is 5.91 Å². The van der Waals surface area contributed by atoms with Gasteiger partial charge in [-0.05, 0) is 19.3 Å². The highest BCUT2D eigenvalue weighted by atomic mass is 16.5. The van der Waals surface area contributed by atoms with Crippen LogP contribution in [-0.4, -0.2) is 36.6 Å². The van der Waals surface area contributed by atoms with Crippen LogP contribution in [0.5, 0.6) is 0 Å². The summed E-state index contributed by atoms with van der Waals surface area (Å²) in [5.74, 6) is 0.0920. The first-order valence-electron chi connectivity index (χ1n) is 4.63. The summed E-state index contributed by atoms with van der Waals surface area (Å²) >= 11 is 0. The van der Waals surface area contributed by atoms with Gasteiger partial charge in [0, 0.05) is 20.2 Å². The number of carbonyl (C=O) groups excluding carboxylic acids is 1. The van der Waals surface area contributed by atoms with Gasteiger partial charge in [0.05, 0.1) is 0 Å². The van der Waals surface area contributed by atoms with Crippen LogP contribution in [0.1, 0.15) is 27.7 Å². The maximum absolute atomic E-state index is 11.8. The summed E-state index contributed by atoms with van der Waals surface area (Å²) in [6.45, 7) is 9.63. The largest absolute Gasteiger partial charge is 0.369 e. The number of nitrogens with zero attached hydrogens (tertiary/aromatic N) is 1. The van der Waals surface area contributed by atoms with Crippen molar-refractivity contribution in [3.63, 3.8) is 0 Å². The van der Waals surface area contributed by atoms with Crippen molar-refractivity contribution in [1.82, 2.24) is 4.90 Å². The van der Waals surface area contributed by atoms with Crippen molar-refractivity contribution in [3.05, 3.63) is 0 Å². The van der Waals surface area contributed by atoms with Crippen LogP contribution in [0, 0.1) is 5.41 Å². The zero-order valence-electron chi connectivity index (χ0n) is 9.18. The van der Waals surface area contributed by atoms with Crippen LogP contribution < -0.4 is 0 Å². The highest BCUT2D eigenvalue weighted by Crippen LogP contribution is 2.30. The van der Waals surface area contributed by atoms with Gasteiger partial charge in [0.25, 0.3) is 5.91 Å². The Morgan fingerprint density at radius 2 is 1.85 bits per heavy atom. The first-order valence-corrected chi connectivity index (χ1v) is 4.63. The van der Waals surface area contributed by atoms with Crippen molar-refractivity contribution < 1.29 is 9.53 Å². The molecule has 1 aliphatic heterocycles. The van der Waals surface area contributed by atoms with E-state index in [1.807, 2.05) is 4.90 Å². The second kappa shape index (κ2) is 2.98. The highest BCUT2D eigenvalue weighted by Gasteiger charge is 2.42. The summed E-state index contributed by atoms with van der Waals surface area (Å²) in [6.07, 6.45) is 0. The van der Waals surface area contributed by atoms with E-state index >= 15 is 0 Å². The predicted molar refractivity (Wildman–Crippen MR) is 51.4 cm³/mol. The van der Waals surface area contributed by atoms with Crippen LogP contribution in [0.15, 0.2) is 0 Å². The molecule has 3 heteroatoms. The molecule has 3 nitrogen and oxygen atoms in total. The molecule has 76 valence electrons. The lowest BCUT2D eigenvalue weighted by Gasteiger charge is -2.48. The minimum absolute atomic E-state index is 0.0920. The van der Waals surface area contributed by atoms with E-state index in [-0.39, 0.29) is 5.91 Å². The van der Waals surface area contributed by atoms with Crippen molar-refractivity contribution in [1.29, 1.82) is 0 Å². The van der Waals surface area contributed by atoms with E-state index in [2.05, 4.69) is 13.8 Å². The number of amides is 1. The molecule has 1 fully saturated rings. The Bertz CT molecular complexity index is 213. The summed E-state index contributed by atoms with van der Waals surface area (Å²) < 4.78 is 5.13. The Morgan fingerprint density at radius 3 is 2.15 bits per heavy atom. The fourth-order valence-corrected chi connectivity index (χ4v) is 1.60. The molecular formula is C10H19NO2. The molecule has 0 radical (unpaired) electrons. The average molecular weight is 185 g/mol. The quantitative estimate of drug-likeness (QED) is 0.648. The number of methoxy groups -OCH3 is 1. The Labute approximate surface area is 80.1 Å². The number of hydrogen-bond donors (Lipinski definition) is 0. The SMILES string of the molecule is COC(C)(C)C(=O)N1CC(C)(C)C1. The number of carbonyl (C=O) groups is 1. The molecule has 1 aliphatic rings. The Morgan fingerprint density at radius 1 is 1.38 bits per heavy atom. The molecule has 1 rings (SSSR count). The molecular weight excluding hydrogens is 166 g/mol. The van der Waals surface area contributed by atoms with Crippen LogP contribution in [-0.2, 0) is 9.53 Å². The van der Waals surface area contributed by atoms with E-state index < -0.39 is 5.60 Å². The van der Waals surface area contributed by atoms with Crippen LogP contribution in [0.25, 0.3) is 0 Å². The third-order valence-corrected chi connectivity index (χ3v) is 2.55. The molecule has 0 saturated carbocycles. The van der Waals surface area contributed by atoms with E-state index in [1.54, 1.807) is 21.0 Å². The van der Waals surface area contributed by atoms with Crippen LogP contribution in [0.4, 0.5) is 0 Å². The number of likely N-dealkylation sites (tertiary alicyclic amines) is 1. The molecule has 0 aromatic carbocycles. The van der Waals surface area contributed by atoms with Gasteiger partial charge in [-0.1, -0.05) is 13.8 Å². The topological polar surface area (TPSA) is 29.5 Å². The van der Waals surface area contributed by atoms with Gasteiger partial charge in [-0.25, -0.2) is 0 Å². The first kappa shape index (κ1) is 10.5. The van der Waals surface area contributed by atoms with Gasteiger partial charge in [-0.3, -0.25) is 4.79 Å². The molecule has 0 N–H and O–H groups in total. The van der Waals surface area contributed by atoms with Gasteiger partial charge in [-0.2, -0.15) is 0 Å². The van der Waals surface area contributed by atoms with Gasteiger partial charge in [0.15, 0.2) is 0 Å². The van der Waals surface area contributed by atoms with Crippen molar-refractivity contribution in [2.24, 2.45) is 5.41 Å². The lowest BCUT2D eigenvalue weighted by atomic mass is 9.83.